The number of nitrogens with one attached hydrogen (secondary N) is 1. The first kappa shape index (κ1) is 24.5. The molecule has 0 aliphatic carbocycles. The van der Waals surface area contributed by atoms with Gasteiger partial charge in [-0.2, -0.15) is 0 Å². The van der Waals surface area contributed by atoms with Crippen molar-refractivity contribution >= 4 is 11.9 Å². The number of benzene rings is 1. The smallest absolute Gasteiger partial charge is 0.338 e. The number of hydrogen-bond acceptors (Lipinski definition) is 4. The molecule has 0 bridgehead atoms. The second-order valence-corrected chi connectivity index (χ2v) is 7.92. The minimum Gasteiger partial charge on any atom is -0.478 e. The Morgan fingerprint density at radius 1 is 1.23 bits per heavy atom. The van der Waals surface area contributed by atoms with Crippen LogP contribution in [0.15, 0.2) is 18.3 Å². The molecule has 1 atom stereocenters. The van der Waals surface area contributed by atoms with E-state index in [1.807, 2.05) is 20.8 Å². The van der Waals surface area contributed by atoms with Crippen molar-refractivity contribution in [3.8, 4) is 0 Å². The van der Waals surface area contributed by atoms with Gasteiger partial charge in [0.05, 0.1) is 30.5 Å². The normalized spacial score (nSPS) is 12.2. The van der Waals surface area contributed by atoms with Gasteiger partial charge in [-0.1, -0.05) is 33.3 Å². The maximum atomic E-state index is 14.5. The third-order valence-corrected chi connectivity index (χ3v) is 4.94. The highest BCUT2D eigenvalue weighted by atomic mass is 19.2. The number of rotatable bonds is 11. The quantitative estimate of drug-likeness (QED) is 0.501. The molecule has 1 amide bonds. The molecule has 0 aliphatic heterocycles. The number of carboxylic acid groups (broad SMARTS) is 1. The van der Waals surface area contributed by atoms with Crippen LogP contribution < -0.4 is 5.32 Å². The predicted molar refractivity (Wildman–Crippen MR) is 111 cm³/mol. The lowest BCUT2D eigenvalue weighted by atomic mass is 10.1. The van der Waals surface area contributed by atoms with Crippen LogP contribution >= 0.6 is 0 Å². The molecule has 0 spiro atoms. The molecule has 0 saturated carbocycles. The molecule has 2 aromatic rings. The van der Waals surface area contributed by atoms with Crippen LogP contribution in [-0.4, -0.2) is 37.7 Å². The number of aromatic carboxylic acids is 1. The predicted octanol–water partition coefficient (Wildman–Crippen LogP) is 3.27. The molecule has 170 valence electrons. The Morgan fingerprint density at radius 3 is 2.55 bits per heavy atom. The third kappa shape index (κ3) is 6.33. The van der Waals surface area contributed by atoms with Crippen molar-refractivity contribution in [2.45, 2.75) is 65.6 Å². The van der Waals surface area contributed by atoms with Crippen molar-refractivity contribution in [1.82, 2.24) is 14.9 Å². The lowest BCUT2D eigenvalue weighted by molar-refractivity contribution is -0.130. The first-order valence-electron chi connectivity index (χ1n) is 10.3. The van der Waals surface area contributed by atoms with Crippen LogP contribution in [0.5, 0.6) is 0 Å². The summed E-state index contributed by atoms with van der Waals surface area (Å²) >= 11 is 0. The van der Waals surface area contributed by atoms with E-state index in [4.69, 9.17) is 5.11 Å². The fraction of sp³-hybridized carbons (Fsp3) is 0.500. The van der Waals surface area contributed by atoms with E-state index in [0.29, 0.717) is 24.4 Å². The van der Waals surface area contributed by atoms with Gasteiger partial charge < -0.3 is 20.1 Å². The van der Waals surface area contributed by atoms with Gasteiger partial charge in [-0.3, -0.25) is 4.79 Å². The molecular weight excluding hydrogens is 408 g/mol. The van der Waals surface area contributed by atoms with E-state index in [1.165, 1.54) is 6.07 Å². The number of carboxylic acids is 1. The monoisotopic (exact) mass is 437 g/mol. The van der Waals surface area contributed by atoms with Gasteiger partial charge in [0.15, 0.2) is 11.6 Å². The van der Waals surface area contributed by atoms with E-state index in [-0.39, 0.29) is 24.6 Å². The Kier molecular flexibility index (Phi) is 8.67. The van der Waals surface area contributed by atoms with Crippen LogP contribution in [0.25, 0.3) is 0 Å². The molecule has 9 heteroatoms. The SMILES string of the molecule is CCCCc1ncc(CNC(=O)[C@@H](O)CC(C)C)n1Cc1ccc(C(=O)O)c(F)c1F. The Labute approximate surface area is 180 Å². The summed E-state index contributed by atoms with van der Waals surface area (Å²) in [6.45, 7) is 5.81. The van der Waals surface area contributed by atoms with Gasteiger partial charge in [0.1, 0.15) is 11.9 Å². The molecule has 1 aromatic carbocycles. The number of aliphatic hydroxyl groups is 1. The number of nitrogens with zero attached hydrogens (tertiary/aromatic N) is 2. The lowest BCUT2D eigenvalue weighted by Gasteiger charge is -2.16. The number of carbonyl (C=O) groups is 2. The van der Waals surface area contributed by atoms with Gasteiger partial charge in [0.25, 0.3) is 0 Å². The average Bonchev–Trinajstić information content (AvgIpc) is 3.08. The number of carbonyl (C=O) groups excluding carboxylic acids is 1. The van der Waals surface area contributed by atoms with Crippen molar-refractivity contribution in [3.05, 3.63) is 52.6 Å². The number of amides is 1. The molecule has 3 N–H and O–H groups in total. The third-order valence-electron chi connectivity index (χ3n) is 4.94. The maximum Gasteiger partial charge on any atom is 0.338 e. The topological polar surface area (TPSA) is 104 Å². The zero-order valence-corrected chi connectivity index (χ0v) is 18.0. The second kappa shape index (κ2) is 11.0. The summed E-state index contributed by atoms with van der Waals surface area (Å²) in [5.41, 5.74) is -0.186. The second-order valence-electron chi connectivity index (χ2n) is 7.92. The summed E-state index contributed by atoms with van der Waals surface area (Å²) in [7, 11) is 0. The minimum absolute atomic E-state index is 0.0225. The van der Waals surface area contributed by atoms with Crippen molar-refractivity contribution in [2.24, 2.45) is 5.92 Å². The fourth-order valence-corrected chi connectivity index (χ4v) is 3.22. The Balaban J connectivity index is 2.27. The highest BCUT2D eigenvalue weighted by Gasteiger charge is 2.21. The van der Waals surface area contributed by atoms with E-state index in [1.54, 1.807) is 10.8 Å². The molecular formula is C22H29F2N3O4. The molecule has 0 saturated heterocycles. The molecule has 0 radical (unpaired) electrons. The van der Waals surface area contributed by atoms with Gasteiger partial charge in [-0.05, 0) is 24.8 Å². The van der Waals surface area contributed by atoms with Crippen LogP contribution in [0, 0.1) is 17.6 Å². The van der Waals surface area contributed by atoms with Crippen LogP contribution in [0.2, 0.25) is 0 Å². The van der Waals surface area contributed by atoms with Gasteiger partial charge in [0.2, 0.25) is 5.91 Å². The number of aromatic nitrogens is 2. The summed E-state index contributed by atoms with van der Waals surface area (Å²) in [4.78, 5) is 27.5. The molecule has 1 heterocycles. The summed E-state index contributed by atoms with van der Waals surface area (Å²) in [6, 6.07) is 2.27. The van der Waals surface area contributed by atoms with Crippen molar-refractivity contribution < 1.29 is 28.6 Å². The molecule has 31 heavy (non-hydrogen) atoms. The van der Waals surface area contributed by atoms with Crippen LogP contribution in [0.4, 0.5) is 8.78 Å². The largest absolute Gasteiger partial charge is 0.478 e. The number of imidazole rings is 1. The number of aliphatic hydroxyl groups excluding tert-OH is 1. The zero-order valence-electron chi connectivity index (χ0n) is 18.0. The first-order valence-corrected chi connectivity index (χ1v) is 10.3. The van der Waals surface area contributed by atoms with Crippen LogP contribution in [0.1, 0.15) is 67.5 Å². The van der Waals surface area contributed by atoms with Gasteiger partial charge in [-0.25, -0.2) is 18.6 Å². The minimum atomic E-state index is -1.54. The van der Waals surface area contributed by atoms with Crippen molar-refractivity contribution in [2.75, 3.05) is 0 Å². The lowest BCUT2D eigenvalue weighted by Crippen LogP contribution is -2.35. The number of halogens is 2. The molecule has 0 aliphatic rings. The molecule has 0 unspecified atom stereocenters. The van der Waals surface area contributed by atoms with E-state index in [9.17, 15) is 23.5 Å². The van der Waals surface area contributed by atoms with E-state index < -0.39 is 35.2 Å². The summed E-state index contributed by atoms with van der Waals surface area (Å²) in [5.74, 6) is -3.89. The van der Waals surface area contributed by atoms with Crippen LogP contribution in [0.3, 0.4) is 0 Å². The first-order chi connectivity index (χ1) is 14.6. The van der Waals surface area contributed by atoms with Crippen molar-refractivity contribution in [1.29, 1.82) is 0 Å². The van der Waals surface area contributed by atoms with Gasteiger partial charge in [-0.15, -0.1) is 0 Å². The Bertz CT molecular complexity index is 928. The Hall–Kier alpha value is -2.81. The van der Waals surface area contributed by atoms with Gasteiger partial charge >= 0.3 is 5.97 Å². The molecule has 1 aromatic heterocycles. The highest BCUT2D eigenvalue weighted by Crippen LogP contribution is 2.20. The summed E-state index contributed by atoms with van der Waals surface area (Å²) < 4.78 is 30.3. The highest BCUT2D eigenvalue weighted by molar-refractivity contribution is 5.88. The van der Waals surface area contributed by atoms with E-state index in [0.717, 1.165) is 18.9 Å². The number of aryl methyl sites for hydroxylation is 1. The summed E-state index contributed by atoms with van der Waals surface area (Å²) in [5, 5.41) is 21.6. The maximum absolute atomic E-state index is 14.5. The molecule has 2 rings (SSSR count). The molecule has 7 nitrogen and oxygen atoms in total. The number of hydrogen-bond donors (Lipinski definition) is 3. The standard InChI is InChI=1S/C22H29F2N3O4/c1-4-5-6-18-25-10-15(11-26-21(29)17(28)9-13(2)3)27(18)12-14-7-8-16(22(30)31)20(24)19(14)23/h7-8,10,13,17,28H,4-6,9,11-12H2,1-3H3,(H,26,29)(H,30,31)/t17-/m0/s1. The Morgan fingerprint density at radius 2 is 1.94 bits per heavy atom. The van der Waals surface area contributed by atoms with Crippen LogP contribution in [-0.2, 0) is 24.3 Å². The molecule has 0 fully saturated rings. The van der Waals surface area contributed by atoms with Gasteiger partial charge in [0, 0.05) is 12.0 Å². The van der Waals surface area contributed by atoms with Crippen molar-refractivity contribution in [3.63, 3.8) is 0 Å². The van der Waals surface area contributed by atoms with E-state index >= 15 is 0 Å². The van der Waals surface area contributed by atoms with E-state index in [2.05, 4.69) is 10.3 Å². The zero-order chi connectivity index (χ0) is 23.1. The number of unbranched alkanes of at least 4 members (excludes halogenated alkanes) is 1. The summed E-state index contributed by atoms with van der Waals surface area (Å²) in [6.07, 6.45) is 3.11. The average molecular weight is 437 g/mol. The fourth-order valence-electron chi connectivity index (χ4n) is 3.22.